The Balaban J connectivity index is 0.00000264. The number of carbonyl (C=O) groups is 1. The lowest BCUT2D eigenvalue weighted by molar-refractivity contribution is -0.158. The maximum absolute atomic E-state index is 12.5. The van der Waals surface area contributed by atoms with Crippen LogP contribution in [0.4, 0.5) is 0 Å². The van der Waals surface area contributed by atoms with Crippen LogP contribution in [0, 0.1) is 0 Å². The predicted molar refractivity (Wildman–Crippen MR) is 103 cm³/mol. The van der Waals surface area contributed by atoms with E-state index in [1.54, 1.807) is 6.92 Å². The van der Waals surface area contributed by atoms with Crippen LogP contribution in [0.2, 0.25) is 0 Å². The second-order valence-electron chi connectivity index (χ2n) is 5.71. The van der Waals surface area contributed by atoms with Gasteiger partial charge in [-0.25, -0.2) is 0 Å². The first-order chi connectivity index (χ1) is 10.4. The van der Waals surface area contributed by atoms with E-state index in [0.717, 1.165) is 11.1 Å². The van der Waals surface area contributed by atoms with Crippen LogP contribution in [0.5, 0.6) is 0 Å². The van der Waals surface area contributed by atoms with Gasteiger partial charge in [0, 0.05) is 0 Å². The topological polar surface area (TPSA) is 26.3 Å². The minimum atomic E-state index is -1.02. The molecule has 0 spiro atoms. The molecule has 0 amide bonds. The quantitative estimate of drug-likeness (QED) is 0.476. The van der Waals surface area contributed by atoms with E-state index in [4.69, 9.17) is 16.3 Å². The van der Waals surface area contributed by atoms with Crippen molar-refractivity contribution in [3.8, 4) is 0 Å². The SMILES string of the molecule is C.C.CCC(C)(Cl)C(=O)OC(C)(c1ccccc1)c1ccccc1. The van der Waals surface area contributed by atoms with Crippen LogP contribution in [-0.4, -0.2) is 10.8 Å². The number of esters is 1. The third-order valence-electron chi connectivity index (χ3n) is 4.04. The van der Waals surface area contributed by atoms with E-state index in [-0.39, 0.29) is 14.9 Å². The van der Waals surface area contributed by atoms with Crippen molar-refractivity contribution in [3.05, 3.63) is 71.8 Å². The molecule has 0 aliphatic heterocycles. The Labute approximate surface area is 151 Å². The number of carbonyl (C=O) groups excluding carboxylic acids is 1. The van der Waals surface area contributed by atoms with Gasteiger partial charge in [-0.15, -0.1) is 11.6 Å². The Morgan fingerprint density at radius 3 is 1.62 bits per heavy atom. The van der Waals surface area contributed by atoms with Crippen LogP contribution in [-0.2, 0) is 15.1 Å². The van der Waals surface area contributed by atoms with Gasteiger partial charge in [-0.05, 0) is 31.4 Å². The second kappa shape index (κ2) is 8.89. The number of rotatable bonds is 5. The number of hydrogen-bond donors (Lipinski definition) is 0. The fourth-order valence-electron chi connectivity index (χ4n) is 2.23. The van der Waals surface area contributed by atoms with Crippen LogP contribution in [0.3, 0.4) is 0 Å². The molecular formula is C21H29ClO2. The van der Waals surface area contributed by atoms with Crippen molar-refractivity contribution in [2.45, 2.75) is 52.5 Å². The summed E-state index contributed by atoms with van der Waals surface area (Å²) in [5.41, 5.74) is 0.960. The van der Waals surface area contributed by atoms with Gasteiger partial charge in [-0.3, -0.25) is 4.79 Å². The minimum Gasteiger partial charge on any atom is -0.448 e. The average molecular weight is 349 g/mol. The van der Waals surface area contributed by atoms with Gasteiger partial charge in [0.25, 0.3) is 0 Å². The molecule has 3 heteroatoms. The molecule has 0 N–H and O–H groups in total. The molecule has 0 bridgehead atoms. The van der Waals surface area contributed by atoms with E-state index >= 15 is 0 Å². The molecule has 0 heterocycles. The summed E-state index contributed by atoms with van der Waals surface area (Å²) in [4.78, 5) is 11.5. The third-order valence-corrected chi connectivity index (χ3v) is 4.46. The summed E-state index contributed by atoms with van der Waals surface area (Å²) >= 11 is 6.28. The number of ether oxygens (including phenoxy) is 1. The van der Waals surface area contributed by atoms with Gasteiger partial charge in [-0.1, -0.05) is 82.4 Å². The lowest BCUT2D eigenvalue weighted by atomic mass is 9.87. The van der Waals surface area contributed by atoms with Crippen molar-refractivity contribution in [3.63, 3.8) is 0 Å². The summed E-state index contributed by atoms with van der Waals surface area (Å²) < 4.78 is 5.89. The molecule has 0 saturated carbocycles. The Bertz CT molecular complexity index is 581. The maximum Gasteiger partial charge on any atom is 0.328 e. The predicted octanol–water partition coefficient (Wildman–Crippen LogP) is 6.17. The van der Waals surface area contributed by atoms with Crippen molar-refractivity contribution in [2.75, 3.05) is 0 Å². The van der Waals surface area contributed by atoms with E-state index in [9.17, 15) is 4.79 Å². The van der Waals surface area contributed by atoms with Gasteiger partial charge in [0.15, 0.2) is 5.60 Å². The molecule has 0 radical (unpaired) electrons. The zero-order valence-corrected chi connectivity index (χ0v) is 13.9. The molecular weight excluding hydrogens is 320 g/mol. The van der Waals surface area contributed by atoms with Crippen LogP contribution >= 0.6 is 11.6 Å². The molecule has 0 saturated heterocycles. The van der Waals surface area contributed by atoms with Crippen LogP contribution in [0.25, 0.3) is 0 Å². The first-order valence-electron chi connectivity index (χ1n) is 7.43. The fraction of sp³-hybridized carbons (Fsp3) is 0.381. The molecule has 0 aliphatic rings. The summed E-state index contributed by atoms with van der Waals surface area (Å²) in [5.74, 6) is -0.410. The maximum atomic E-state index is 12.5. The monoisotopic (exact) mass is 348 g/mol. The fourth-order valence-corrected chi connectivity index (χ4v) is 2.27. The molecule has 2 aromatic carbocycles. The summed E-state index contributed by atoms with van der Waals surface area (Å²) in [6.07, 6.45) is 0.507. The Hall–Kier alpha value is -1.80. The molecule has 1 atom stereocenters. The van der Waals surface area contributed by atoms with Crippen molar-refractivity contribution >= 4 is 17.6 Å². The first-order valence-corrected chi connectivity index (χ1v) is 7.81. The molecule has 2 nitrogen and oxygen atoms in total. The van der Waals surface area contributed by atoms with Gasteiger partial charge < -0.3 is 4.74 Å². The molecule has 24 heavy (non-hydrogen) atoms. The van der Waals surface area contributed by atoms with Crippen molar-refractivity contribution < 1.29 is 9.53 Å². The third kappa shape index (κ3) is 4.61. The second-order valence-corrected chi connectivity index (χ2v) is 6.54. The highest BCUT2D eigenvalue weighted by Gasteiger charge is 2.39. The van der Waals surface area contributed by atoms with Gasteiger partial charge in [-0.2, -0.15) is 0 Å². The van der Waals surface area contributed by atoms with Crippen molar-refractivity contribution in [1.29, 1.82) is 0 Å². The number of halogens is 1. The largest absolute Gasteiger partial charge is 0.448 e. The van der Waals surface area contributed by atoms with Crippen molar-refractivity contribution in [2.24, 2.45) is 0 Å². The van der Waals surface area contributed by atoms with E-state index in [2.05, 4.69) is 0 Å². The summed E-state index contributed by atoms with van der Waals surface area (Å²) in [5, 5.41) is 0. The average Bonchev–Trinajstić information content (AvgIpc) is 2.56. The lowest BCUT2D eigenvalue weighted by Crippen LogP contribution is -2.38. The molecule has 1 unspecified atom stereocenters. The highest BCUT2D eigenvalue weighted by Crippen LogP contribution is 2.35. The van der Waals surface area contributed by atoms with Crippen LogP contribution in [0.1, 0.15) is 53.2 Å². The van der Waals surface area contributed by atoms with E-state index in [1.807, 2.05) is 74.5 Å². The molecule has 0 fully saturated rings. The van der Waals surface area contributed by atoms with Crippen LogP contribution < -0.4 is 0 Å². The Kier molecular flexibility index (Phi) is 8.22. The molecule has 132 valence electrons. The molecule has 0 aromatic heterocycles. The molecule has 0 aliphatic carbocycles. The van der Waals surface area contributed by atoms with E-state index in [1.165, 1.54) is 0 Å². The van der Waals surface area contributed by atoms with Crippen LogP contribution in [0.15, 0.2) is 60.7 Å². The van der Waals surface area contributed by atoms with Crippen molar-refractivity contribution in [1.82, 2.24) is 0 Å². The number of benzene rings is 2. The van der Waals surface area contributed by atoms with Gasteiger partial charge in [0.05, 0.1) is 0 Å². The first kappa shape index (κ1) is 22.2. The van der Waals surface area contributed by atoms with E-state index in [0.29, 0.717) is 6.42 Å². The Morgan fingerprint density at radius 1 is 0.917 bits per heavy atom. The number of hydrogen-bond acceptors (Lipinski definition) is 2. The zero-order valence-electron chi connectivity index (χ0n) is 13.2. The van der Waals surface area contributed by atoms with Gasteiger partial charge >= 0.3 is 5.97 Å². The number of alkyl halides is 1. The smallest absolute Gasteiger partial charge is 0.328 e. The highest BCUT2D eigenvalue weighted by atomic mass is 35.5. The highest BCUT2D eigenvalue weighted by molar-refractivity contribution is 6.33. The molecule has 2 aromatic rings. The Morgan fingerprint density at radius 2 is 1.29 bits per heavy atom. The lowest BCUT2D eigenvalue weighted by Gasteiger charge is -2.33. The van der Waals surface area contributed by atoms with Gasteiger partial charge in [0.2, 0.25) is 0 Å². The summed E-state index contributed by atoms with van der Waals surface area (Å²) in [6.45, 7) is 5.46. The summed E-state index contributed by atoms with van der Waals surface area (Å²) in [6, 6.07) is 19.4. The normalized spacial score (nSPS) is 13.0. The zero-order chi connectivity index (χ0) is 16.2. The minimum absolute atomic E-state index is 0. The summed E-state index contributed by atoms with van der Waals surface area (Å²) in [7, 11) is 0. The standard InChI is InChI=1S/C19H21ClO2.2CH4/c1-4-18(2,20)17(21)22-19(3,15-11-7-5-8-12-15)16-13-9-6-10-14-16;;/h5-14H,4H2,1-3H3;2*1H4. The van der Waals surface area contributed by atoms with E-state index < -0.39 is 16.4 Å². The van der Waals surface area contributed by atoms with Gasteiger partial charge in [0.1, 0.15) is 4.87 Å². The molecule has 2 rings (SSSR count).